The van der Waals surface area contributed by atoms with Crippen molar-refractivity contribution in [1.82, 2.24) is 0 Å². The highest BCUT2D eigenvalue weighted by molar-refractivity contribution is 6.21. The van der Waals surface area contributed by atoms with Crippen LogP contribution in [0.25, 0.3) is 0 Å². The maximum absolute atomic E-state index is 6.49. The predicted molar refractivity (Wildman–Crippen MR) is 77.2 cm³/mol. The fourth-order valence-electron chi connectivity index (χ4n) is 3.53. The first-order valence-electron chi connectivity index (χ1n) is 7.19. The van der Waals surface area contributed by atoms with Gasteiger partial charge in [-0.15, -0.1) is 11.6 Å². The van der Waals surface area contributed by atoms with Gasteiger partial charge in [0, 0.05) is 17.2 Å². The summed E-state index contributed by atoms with van der Waals surface area (Å²) >= 11 is 6.49. The molecule has 1 spiro atoms. The molecule has 104 valence electrons. The quantitative estimate of drug-likeness (QED) is 0.764. The number of methoxy groups -OCH3 is 1. The Balaban J connectivity index is 1.68. The smallest absolute Gasteiger partial charge is 0.120 e. The SMILES string of the molecule is COc1ccc(OC2CC(Cl)C23CCCCC3)cc1. The molecule has 1 aromatic rings. The second-order valence-electron chi connectivity index (χ2n) is 5.78. The molecule has 2 atom stereocenters. The third kappa shape index (κ3) is 2.31. The lowest BCUT2D eigenvalue weighted by Gasteiger charge is -2.55. The Labute approximate surface area is 120 Å². The van der Waals surface area contributed by atoms with E-state index in [1.807, 2.05) is 24.3 Å². The minimum atomic E-state index is 0.236. The summed E-state index contributed by atoms with van der Waals surface area (Å²) in [4.78, 5) is 0. The van der Waals surface area contributed by atoms with Crippen LogP contribution >= 0.6 is 11.6 Å². The Morgan fingerprint density at radius 1 is 1.05 bits per heavy atom. The van der Waals surface area contributed by atoms with Crippen molar-refractivity contribution < 1.29 is 9.47 Å². The molecule has 0 bridgehead atoms. The Hall–Kier alpha value is -0.890. The van der Waals surface area contributed by atoms with E-state index in [4.69, 9.17) is 21.1 Å². The van der Waals surface area contributed by atoms with Crippen LogP contribution < -0.4 is 9.47 Å². The van der Waals surface area contributed by atoms with Crippen LogP contribution in [0, 0.1) is 5.41 Å². The van der Waals surface area contributed by atoms with Gasteiger partial charge < -0.3 is 9.47 Å². The van der Waals surface area contributed by atoms with Crippen molar-refractivity contribution in [1.29, 1.82) is 0 Å². The van der Waals surface area contributed by atoms with E-state index >= 15 is 0 Å². The van der Waals surface area contributed by atoms with Gasteiger partial charge in [0.2, 0.25) is 0 Å². The summed E-state index contributed by atoms with van der Waals surface area (Å²) in [6.07, 6.45) is 7.67. The Morgan fingerprint density at radius 3 is 2.26 bits per heavy atom. The molecule has 2 aliphatic carbocycles. The van der Waals surface area contributed by atoms with Gasteiger partial charge in [0.05, 0.1) is 7.11 Å². The zero-order valence-electron chi connectivity index (χ0n) is 11.4. The van der Waals surface area contributed by atoms with Gasteiger partial charge in [-0.1, -0.05) is 19.3 Å². The molecular formula is C16H21ClO2. The lowest BCUT2D eigenvalue weighted by Crippen LogP contribution is -2.58. The van der Waals surface area contributed by atoms with Crippen molar-refractivity contribution in [2.45, 2.75) is 50.0 Å². The Kier molecular flexibility index (Phi) is 3.62. The fraction of sp³-hybridized carbons (Fsp3) is 0.625. The molecule has 2 fully saturated rings. The van der Waals surface area contributed by atoms with Crippen molar-refractivity contribution in [3.8, 4) is 11.5 Å². The van der Waals surface area contributed by atoms with Crippen LogP contribution in [0.15, 0.2) is 24.3 Å². The van der Waals surface area contributed by atoms with Gasteiger partial charge in [0.1, 0.15) is 17.6 Å². The van der Waals surface area contributed by atoms with Crippen LogP contribution in [0.3, 0.4) is 0 Å². The monoisotopic (exact) mass is 280 g/mol. The number of hydrogen-bond acceptors (Lipinski definition) is 2. The first-order chi connectivity index (χ1) is 9.24. The molecule has 2 unspecified atom stereocenters. The van der Waals surface area contributed by atoms with Crippen molar-refractivity contribution in [2.24, 2.45) is 5.41 Å². The lowest BCUT2D eigenvalue weighted by molar-refractivity contribution is -0.0650. The standard InChI is InChI=1S/C16H21ClO2/c1-18-12-5-7-13(8-6-12)19-15-11-14(17)16(15)9-3-2-4-10-16/h5-8,14-15H,2-4,9-11H2,1H3. The summed E-state index contributed by atoms with van der Waals surface area (Å²) in [5, 5.41) is 0.302. The Morgan fingerprint density at radius 2 is 1.68 bits per heavy atom. The summed E-state index contributed by atoms with van der Waals surface area (Å²) in [5.74, 6) is 1.79. The normalized spacial score (nSPS) is 28.7. The maximum atomic E-state index is 6.49. The molecule has 2 aliphatic rings. The van der Waals surface area contributed by atoms with E-state index < -0.39 is 0 Å². The van der Waals surface area contributed by atoms with Crippen LogP contribution in [0.4, 0.5) is 0 Å². The Bertz CT molecular complexity index is 423. The summed E-state index contributed by atoms with van der Waals surface area (Å²) in [6.45, 7) is 0. The zero-order chi connectivity index (χ0) is 13.3. The van der Waals surface area contributed by atoms with Gasteiger partial charge in [-0.25, -0.2) is 0 Å². The lowest BCUT2D eigenvalue weighted by atomic mass is 9.58. The minimum absolute atomic E-state index is 0.236. The molecule has 0 heterocycles. The van der Waals surface area contributed by atoms with Gasteiger partial charge in [0.15, 0.2) is 0 Å². The molecular weight excluding hydrogens is 260 g/mol. The van der Waals surface area contributed by atoms with Crippen molar-refractivity contribution in [2.75, 3.05) is 7.11 Å². The average molecular weight is 281 g/mol. The first-order valence-corrected chi connectivity index (χ1v) is 7.63. The third-order valence-electron chi connectivity index (χ3n) is 4.81. The van der Waals surface area contributed by atoms with E-state index in [0.717, 1.165) is 17.9 Å². The predicted octanol–water partition coefficient (Wildman–Crippen LogP) is 4.40. The maximum Gasteiger partial charge on any atom is 0.120 e. The second-order valence-corrected chi connectivity index (χ2v) is 6.31. The van der Waals surface area contributed by atoms with Crippen LogP contribution in [-0.4, -0.2) is 18.6 Å². The van der Waals surface area contributed by atoms with Gasteiger partial charge in [0.25, 0.3) is 0 Å². The van der Waals surface area contributed by atoms with Crippen LogP contribution in [0.2, 0.25) is 0 Å². The summed E-state index contributed by atoms with van der Waals surface area (Å²) in [5.41, 5.74) is 0.236. The molecule has 0 aromatic heterocycles. The highest BCUT2D eigenvalue weighted by Crippen LogP contribution is 2.55. The molecule has 0 amide bonds. The summed E-state index contributed by atoms with van der Waals surface area (Å²) < 4.78 is 11.3. The number of halogens is 1. The topological polar surface area (TPSA) is 18.5 Å². The van der Waals surface area contributed by atoms with E-state index in [1.165, 1.54) is 32.1 Å². The molecule has 2 nitrogen and oxygen atoms in total. The van der Waals surface area contributed by atoms with Crippen LogP contribution in [-0.2, 0) is 0 Å². The number of rotatable bonds is 3. The van der Waals surface area contributed by atoms with E-state index in [-0.39, 0.29) is 5.41 Å². The van der Waals surface area contributed by atoms with Crippen molar-refractivity contribution in [3.63, 3.8) is 0 Å². The minimum Gasteiger partial charge on any atom is -0.497 e. The molecule has 1 aromatic carbocycles. The molecule has 0 radical (unpaired) electrons. The molecule has 2 saturated carbocycles. The van der Waals surface area contributed by atoms with Gasteiger partial charge in [-0.3, -0.25) is 0 Å². The largest absolute Gasteiger partial charge is 0.497 e. The highest BCUT2D eigenvalue weighted by Gasteiger charge is 2.55. The second kappa shape index (κ2) is 5.24. The molecule has 0 saturated heterocycles. The molecule has 3 rings (SSSR count). The number of alkyl halides is 1. The number of benzene rings is 1. The van der Waals surface area contributed by atoms with E-state index in [9.17, 15) is 0 Å². The number of hydrogen-bond donors (Lipinski definition) is 0. The summed E-state index contributed by atoms with van der Waals surface area (Å²) in [7, 11) is 1.68. The third-order valence-corrected chi connectivity index (χ3v) is 5.42. The fourth-order valence-corrected chi connectivity index (χ4v) is 4.05. The van der Waals surface area contributed by atoms with Gasteiger partial charge in [-0.2, -0.15) is 0 Å². The number of ether oxygens (including phenoxy) is 2. The van der Waals surface area contributed by atoms with Gasteiger partial charge in [-0.05, 0) is 37.1 Å². The molecule has 0 aliphatic heterocycles. The van der Waals surface area contributed by atoms with Crippen molar-refractivity contribution >= 4 is 11.6 Å². The highest BCUT2D eigenvalue weighted by atomic mass is 35.5. The van der Waals surface area contributed by atoms with Crippen LogP contribution in [0.1, 0.15) is 38.5 Å². The zero-order valence-corrected chi connectivity index (χ0v) is 12.2. The average Bonchev–Trinajstić information content (AvgIpc) is 2.48. The van der Waals surface area contributed by atoms with E-state index in [1.54, 1.807) is 7.11 Å². The van der Waals surface area contributed by atoms with Crippen molar-refractivity contribution in [3.05, 3.63) is 24.3 Å². The molecule has 19 heavy (non-hydrogen) atoms. The molecule has 3 heteroatoms. The van der Waals surface area contributed by atoms with E-state index in [2.05, 4.69) is 0 Å². The van der Waals surface area contributed by atoms with Gasteiger partial charge >= 0.3 is 0 Å². The van der Waals surface area contributed by atoms with Crippen LogP contribution in [0.5, 0.6) is 11.5 Å². The van der Waals surface area contributed by atoms with E-state index in [0.29, 0.717) is 11.5 Å². The molecule has 0 N–H and O–H groups in total. The summed E-state index contributed by atoms with van der Waals surface area (Å²) in [6, 6.07) is 7.85. The first kappa shape index (κ1) is 13.1.